The molecule has 0 bridgehead atoms. The van der Waals surface area contributed by atoms with Crippen molar-refractivity contribution < 1.29 is 8.42 Å². The predicted octanol–water partition coefficient (Wildman–Crippen LogP) is 3.72. The van der Waals surface area contributed by atoms with Gasteiger partial charge >= 0.3 is 0 Å². The number of halogens is 1. The second-order valence-corrected chi connectivity index (χ2v) is 7.88. The van der Waals surface area contributed by atoms with Gasteiger partial charge in [0, 0.05) is 5.70 Å². The summed E-state index contributed by atoms with van der Waals surface area (Å²) in [5.41, 5.74) is 3.29. The Hall–Kier alpha value is -0.820. The van der Waals surface area contributed by atoms with E-state index < -0.39 is 10.0 Å². The van der Waals surface area contributed by atoms with Gasteiger partial charge < -0.3 is 0 Å². The zero-order valence-electron chi connectivity index (χ0n) is 10.4. The third-order valence-corrected chi connectivity index (χ3v) is 7.07. The van der Waals surface area contributed by atoms with Gasteiger partial charge in [-0.1, -0.05) is 17.7 Å². The molecule has 0 atom stereocenters. The van der Waals surface area contributed by atoms with Crippen molar-refractivity contribution in [2.24, 2.45) is 0 Å². The number of sulfonamides is 1. The molecule has 0 saturated heterocycles. The Morgan fingerprint density at radius 3 is 2.17 bits per heavy atom. The summed E-state index contributed by atoms with van der Waals surface area (Å²) in [5, 5.41) is 0. The lowest BCUT2D eigenvalue weighted by Gasteiger charge is -2.28. The van der Waals surface area contributed by atoms with E-state index in [9.17, 15) is 8.42 Å². The van der Waals surface area contributed by atoms with Crippen LogP contribution in [0.4, 0.5) is 5.69 Å². The van der Waals surface area contributed by atoms with Crippen LogP contribution in [0.25, 0.3) is 0 Å². The first kappa shape index (κ1) is 13.6. The van der Waals surface area contributed by atoms with Gasteiger partial charge in [-0.15, -0.1) is 0 Å². The predicted molar refractivity (Wildman–Crippen MR) is 83.1 cm³/mol. The molecule has 1 aliphatic rings. The highest BCUT2D eigenvalue weighted by molar-refractivity contribution is 14.1. The standard InChI is InChI=1S/C13H14INO2S/c1-9-4-6-12(7-5-9)15-11(3)8-10(2)13(14)18(15,16)17/h4-8H,1-3H3. The fourth-order valence-electron chi connectivity index (χ4n) is 1.92. The molecule has 3 nitrogen and oxygen atoms in total. The maximum Gasteiger partial charge on any atom is 0.274 e. The van der Waals surface area contributed by atoms with Gasteiger partial charge in [-0.2, -0.15) is 0 Å². The molecule has 0 aromatic heterocycles. The molecule has 96 valence electrons. The first-order valence-electron chi connectivity index (χ1n) is 5.50. The zero-order chi connectivity index (χ0) is 13.5. The molecule has 0 saturated carbocycles. The van der Waals surface area contributed by atoms with E-state index in [1.54, 1.807) is 0 Å². The van der Waals surface area contributed by atoms with E-state index in [2.05, 4.69) is 0 Å². The molecular formula is C13H14INO2S. The number of rotatable bonds is 1. The summed E-state index contributed by atoms with van der Waals surface area (Å²) in [4.78, 5) is 0. The molecule has 2 rings (SSSR count). The minimum Gasteiger partial charge on any atom is -0.239 e. The lowest BCUT2D eigenvalue weighted by atomic mass is 10.2. The van der Waals surface area contributed by atoms with E-state index >= 15 is 0 Å². The van der Waals surface area contributed by atoms with Crippen LogP contribution in [0.2, 0.25) is 0 Å². The molecule has 18 heavy (non-hydrogen) atoms. The molecule has 1 aromatic rings. The Kier molecular flexibility index (Phi) is 3.55. The third-order valence-electron chi connectivity index (χ3n) is 2.79. The van der Waals surface area contributed by atoms with Crippen molar-refractivity contribution in [3.05, 3.63) is 50.1 Å². The quantitative estimate of drug-likeness (QED) is 0.702. The normalized spacial score (nSPS) is 18.9. The van der Waals surface area contributed by atoms with Gasteiger partial charge in [0.05, 0.1) is 5.69 Å². The topological polar surface area (TPSA) is 37.4 Å². The lowest BCUT2D eigenvalue weighted by Crippen LogP contribution is -2.31. The summed E-state index contributed by atoms with van der Waals surface area (Å²) in [6, 6.07) is 7.48. The highest BCUT2D eigenvalue weighted by Gasteiger charge is 2.31. The molecule has 1 aromatic carbocycles. The number of hydrogen-bond acceptors (Lipinski definition) is 2. The van der Waals surface area contributed by atoms with Crippen LogP contribution < -0.4 is 4.31 Å². The number of aryl methyl sites for hydroxylation is 1. The fraction of sp³-hybridized carbons (Fsp3) is 0.231. The Balaban J connectivity index is 2.59. The molecule has 1 heterocycles. The Morgan fingerprint density at radius 1 is 1.06 bits per heavy atom. The van der Waals surface area contributed by atoms with Crippen molar-refractivity contribution in [2.75, 3.05) is 4.31 Å². The van der Waals surface area contributed by atoms with E-state index in [0.29, 0.717) is 8.60 Å². The second kappa shape index (κ2) is 4.70. The molecule has 5 heteroatoms. The second-order valence-electron chi connectivity index (χ2n) is 4.35. The molecule has 0 unspecified atom stereocenters. The van der Waals surface area contributed by atoms with E-state index in [1.165, 1.54) is 4.31 Å². The van der Waals surface area contributed by atoms with E-state index in [0.717, 1.165) is 16.8 Å². The van der Waals surface area contributed by atoms with E-state index in [-0.39, 0.29) is 0 Å². The molecule has 0 amide bonds. The number of allylic oxidation sites excluding steroid dienone is 3. The van der Waals surface area contributed by atoms with Crippen LogP contribution in [0.3, 0.4) is 0 Å². The minimum absolute atomic E-state index is 0.381. The van der Waals surface area contributed by atoms with Crippen LogP contribution in [0.15, 0.2) is 44.5 Å². The van der Waals surface area contributed by atoms with Crippen molar-refractivity contribution in [3.8, 4) is 0 Å². The maximum atomic E-state index is 12.4. The molecule has 0 fully saturated rings. The van der Waals surface area contributed by atoms with E-state index in [1.807, 2.05) is 73.7 Å². The van der Waals surface area contributed by atoms with Gasteiger partial charge in [-0.25, -0.2) is 12.7 Å². The molecular weight excluding hydrogens is 361 g/mol. The molecule has 0 N–H and O–H groups in total. The monoisotopic (exact) mass is 375 g/mol. The Morgan fingerprint density at radius 2 is 1.61 bits per heavy atom. The third kappa shape index (κ3) is 2.21. The fourth-order valence-corrected chi connectivity index (χ4v) is 4.13. The molecule has 0 spiro atoms. The maximum absolute atomic E-state index is 12.4. The average Bonchev–Trinajstić information content (AvgIpc) is 2.29. The zero-order valence-corrected chi connectivity index (χ0v) is 13.4. The number of benzene rings is 1. The highest BCUT2D eigenvalue weighted by Crippen LogP contribution is 2.36. The molecule has 1 aliphatic heterocycles. The lowest BCUT2D eigenvalue weighted by molar-refractivity contribution is 0.602. The summed E-state index contributed by atoms with van der Waals surface area (Å²) in [6.45, 7) is 5.60. The van der Waals surface area contributed by atoms with Crippen molar-refractivity contribution in [1.29, 1.82) is 0 Å². The molecule has 0 radical (unpaired) electrons. The van der Waals surface area contributed by atoms with Crippen LogP contribution in [-0.4, -0.2) is 8.42 Å². The van der Waals surface area contributed by atoms with Crippen LogP contribution >= 0.6 is 22.6 Å². The highest BCUT2D eigenvalue weighted by atomic mass is 127. The number of nitrogens with zero attached hydrogens (tertiary/aromatic N) is 1. The Bertz CT molecular complexity index is 642. The van der Waals surface area contributed by atoms with Gasteiger partial charge in [0.15, 0.2) is 0 Å². The van der Waals surface area contributed by atoms with Gasteiger partial charge in [0.1, 0.15) is 2.91 Å². The van der Waals surface area contributed by atoms with Crippen LogP contribution in [-0.2, 0) is 10.0 Å². The Labute approximate surface area is 121 Å². The SMILES string of the molecule is CC1=CC(C)=C(I)S(=O)(=O)N1c1ccc(C)cc1. The van der Waals surface area contributed by atoms with Crippen molar-refractivity contribution >= 4 is 38.3 Å². The van der Waals surface area contributed by atoms with Crippen LogP contribution in [0.1, 0.15) is 19.4 Å². The molecule has 0 aliphatic carbocycles. The summed E-state index contributed by atoms with van der Waals surface area (Å²) >= 11 is 1.89. The number of hydrogen-bond donors (Lipinski definition) is 0. The van der Waals surface area contributed by atoms with Crippen molar-refractivity contribution in [1.82, 2.24) is 0 Å². The first-order chi connectivity index (χ1) is 8.34. The largest absolute Gasteiger partial charge is 0.274 e. The van der Waals surface area contributed by atoms with Crippen molar-refractivity contribution in [2.45, 2.75) is 20.8 Å². The van der Waals surface area contributed by atoms with Gasteiger partial charge in [0.2, 0.25) is 0 Å². The van der Waals surface area contributed by atoms with Gasteiger partial charge in [-0.3, -0.25) is 0 Å². The van der Waals surface area contributed by atoms with Crippen LogP contribution in [0, 0.1) is 6.92 Å². The summed E-state index contributed by atoms with van der Waals surface area (Å²) < 4.78 is 26.6. The number of anilines is 1. The van der Waals surface area contributed by atoms with E-state index in [4.69, 9.17) is 0 Å². The van der Waals surface area contributed by atoms with Gasteiger partial charge in [0.25, 0.3) is 10.0 Å². The average molecular weight is 375 g/mol. The summed E-state index contributed by atoms with van der Waals surface area (Å²) in [6.07, 6.45) is 1.89. The van der Waals surface area contributed by atoms with Crippen molar-refractivity contribution in [3.63, 3.8) is 0 Å². The minimum atomic E-state index is -3.44. The van der Waals surface area contributed by atoms with Gasteiger partial charge in [-0.05, 0) is 67.1 Å². The smallest absolute Gasteiger partial charge is 0.239 e. The first-order valence-corrected chi connectivity index (χ1v) is 8.02. The summed E-state index contributed by atoms with van der Waals surface area (Å²) in [5.74, 6) is 0. The summed E-state index contributed by atoms with van der Waals surface area (Å²) in [7, 11) is -3.44. The van der Waals surface area contributed by atoms with Crippen LogP contribution in [0.5, 0.6) is 0 Å².